The summed E-state index contributed by atoms with van der Waals surface area (Å²) in [6, 6.07) is 19.7. The fourth-order valence-electron chi connectivity index (χ4n) is 2.62. The maximum absolute atomic E-state index is 12.3. The summed E-state index contributed by atoms with van der Waals surface area (Å²) in [5.41, 5.74) is 3.49. The van der Waals surface area contributed by atoms with Gasteiger partial charge in [-0.3, -0.25) is 4.57 Å². The van der Waals surface area contributed by atoms with Gasteiger partial charge in [-0.1, -0.05) is 60.7 Å². The largest absolute Gasteiger partial charge is 0.396 e. The fraction of sp³-hybridized carbons (Fsp3) is 0.167. The highest BCUT2D eigenvalue weighted by atomic mass is 16.3. The molecule has 0 unspecified atom stereocenters. The first-order chi connectivity index (χ1) is 10.8. The van der Waals surface area contributed by atoms with Crippen molar-refractivity contribution in [2.75, 3.05) is 6.61 Å². The van der Waals surface area contributed by atoms with Gasteiger partial charge in [-0.25, -0.2) is 4.79 Å². The van der Waals surface area contributed by atoms with E-state index in [4.69, 9.17) is 5.11 Å². The molecule has 22 heavy (non-hydrogen) atoms. The van der Waals surface area contributed by atoms with Crippen LogP contribution >= 0.6 is 0 Å². The van der Waals surface area contributed by atoms with E-state index in [0.29, 0.717) is 13.0 Å². The molecule has 0 spiro atoms. The number of hydrogen-bond acceptors (Lipinski definition) is 2. The highest BCUT2D eigenvalue weighted by molar-refractivity contribution is 5.78. The summed E-state index contributed by atoms with van der Waals surface area (Å²) in [6.07, 6.45) is 0.547. The molecule has 1 heterocycles. The van der Waals surface area contributed by atoms with Crippen molar-refractivity contribution in [1.29, 1.82) is 0 Å². The summed E-state index contributed by atoms with van der Waals surface area (Å²) in [4.78, 5) is 15.3. The smallest absolute Gasteiger partial charge is 0.326 e. The van der Waals surface area contributed by atoms with Gasteiger partial charge in [0.25, 0.3) is 0 Å². The van der Waals surface area contributed by atoms with Crippen molar-refractivity contribution in [3.63, 3.8) is 0 Å². The van der Waals surface area contributed by atoms with Gasteiger partial charge in [-0.05, 0) is 6.42 Å². The highest BCUT2D eigenvalue weighted by Gasteiger charge is 2.16. The van der Waals surface area contributed by atoms with Crippen molar-refractivity contribution in [2.45, 2.75) is 13.0 Å². The van der Waals surface area contributed by atoms with Crippen molar-refractivity contribution in [3.05, 3.63) is 71.1 Å². The average molecular weight is 294 g/mol. The van der Waals surface area contributed by atoms with Crippen LogP contribution in [-0.4, -0.2) is 21.3 Å². The van der Waals surface area contributed by atoms with E-state index in [1.807, 2.05) is 60.7 Å². The highest BCUT2D eigenvalue weighted by Crippen LogP contribution is 2.29. The van der Waals surface area contributed by atoms with Gasteiger partial charge in [-0.2, -0.15) is 0 Å². The zero-order valence-electron chi connectivity index (χ0n) is 12.2. The molecule has 0 saturated carbocycles. The van der Waals surface area contributed by atoms with Gasteiger partial charge in [0.1, 0.15) is 0 Å². The Morgan fingerprint density at radius 3 is 2.09 bits per heavy atom. The molecular weight excluding hydrogens is 276 g/mol. The molecule has 2 N–H and O–H groups in total. The second kappa shape index (κ2) is 6.45. The van der Waals surface area contributed by atoms with Gasteiger partial charge in [-0.15, -0.1) is 0 Å². The van der Waals surface area contributed by atoms with E-state index < -0.39 is 0 Å². The van der Waals surface area contributed by atoms with E-state index in [1.54, 1.807) is 4.57 Å². The molecule has 3 aromatic rings. The van der Waals surface area contributed by atoms with Crippen LogP contribution < -0.4 is 5.69 Å². The topological polar surface area (TPSA) is 58.0 Å². The van der Waals surface area contributed by atoms with Gasteiger partial charge < -0.3 is 10.1 Å². The van der Waals surface area contributed by atoms with Crippen molar-refractivity contribution < 1.29 is 5.11 Å². The maximum Gasteiger partial charge on any atom is 0.326 e. The second-order valence-electron chi connectivity index (χ2n) is 5.11. The van der Waals surface area contributed by atoms with E-state index in [2.05, 4.69) is 4.98 Å². The summed E-state index contributed by atoms with van der Waals surface area (Å²) in [7, 11) is 0. The lowest BCUT2D eigenvalue weighted by atomic mass is 10.0. The number of aliphatic hydroxyl groups excluding tert-OH is 1. The summed E-state index contributed by atoms with van der Waals surface area (Å²) >= 11 is 0. The number of nitrogens with one attached hydrogen (secondary N) is 1. The molecule has 0 aliphatic carbocycles. The lowest BCUT2D eigenvalue weighted by molar-refractivity contribution is 0.279. The van der Waals surface area contributed by atoms with Gasteiger partial charge >= 0.3 is 5.69 Å². The van der Waals surface area contributed by atoms with Crippen LogP contribution in [0.5, 0.6) is 0 Å². The molecular formula is C18H18N2O2. The minimum atomic E-state index is -0.147. The van der Waals surface area contributed by atoms with Crippen molar-refractivity contribution in [2.24, 2.45) is 0 Å². The van der Waals surface area contributed by atoms with Crippen LogP contribution in [0.3, 0.4) is 0 Å². The minimum Gasteiger partial charge on any atom is -0.396 e. The SMILES string of the molecule is O=c1[nH]c(-c2ccccc2)c(-c2ccccc2)n1CCCO. The molecule has 0 bridgehead atoms. The summed E-state index contributed by atoms with van der Waals surface area (Å²) in [5.74, 6) is 0. The van der Waals surface area contributed by atoms with Crippen LogP contribution in [-0.2, 0) is 6.54 Å². The predicted octanol–water partition coefficient (Wildman–Crippen LogP) is 2.89. The number of imidazole rings is 1. The molecule has 0 aliphatic heterocycles. The van der Waals surface area contributed by atoms with Crippen molar-refractivity contribution in [1.82, 2.24) is 9.55 Å². The van der Waals surface area contributed by atoms with Crippen LogP contribution in [0, 0.1) is 0 Å². The van der Waals surface area contributed by atoms with Crippen LogP contribution in [0.1, 0.15) is 6.42 Å². The summed E-state index contributed by atoms with van der Waals surface area (Å²) in [5, 5.41) is 9.08. The molecule has 0 saturated heterocycles. The quantitative estimate of drug-likeness (QED) is 0.760. The van der Waals surface area contributed by atoms with E-state index in [9.17, 15) is 4.79 Å². The van der Waals surface area contributed by atoms with E-state index in [-0.39, 0.29) is 12.3 Å². The van der Waals surface area contributed by atoms with Crippen molar-refractivity contribution >= 4 is 0 Å². The lowest BCUT2D eigenvalue weighted by Crippen LogP contribution is -2.18. The third kappa shape index (κ3) is 2.73. The van der Waals surface area contributed by atoms with E-state index >= 15 is 0 Å². The predicted molar refractivity (Wildman–Crippen MR) is 87.6 cm³/mol. The second-order valence-corrected chi connectivity index (χ2v) is 5.11. The number of aromatic nitrogens is 2. The molecule has 112 valence electrons. The zero-order valence-corrected chi connectivity index (χ0v) is 12.2. The van der Waals surface area contributed by atoms with Crippen LogP contribution in [0.2, 0.25) is 0 Å². The Kier molecular flexibility index (Phi) is 4.21. The van der Waals surface area contributed by atoms with Gasteiger partial charge in [0.2, 0.25) is 0 Å². The Bertz CT molecular complexity index is 789. The molecule has 1 aromatic heterocycles. The van der Waals surface area contributed by atoms with Crippen LogP contribution in [0.15, 0.2) is 65.5 Å². The Morgan fingerprint density at radius 1 is 0.909 bits per heavy atom. The van der Waals surface area contributed by atoms with E-state index in [0.717, 1.165) is 22.5 Å². The monoisotopic (exact) mass is 294 g/mol. The number of hydrogen-bond donors (Lipinski definition) is 2. The van der Waals surface area contributed by atoms with Crippen LogP contribution in [0.25, 0.3) is 22.5 Å². The van der Waals surface area contributed by atoms with Gasteiger partial charge in [0.05, 0.1) is 11.4 Å². The molecule has 3 rings (SSSR count). The van der Waals surface area contributed by atoms with Gasteiger partial charge in [0.15, 0.2) is 0 Å². The first kappa shape index (κ1) is 14.4. The Balaban J connectivity index is 2.20. The first-order valence-corrected chi connectivity index (χ1v) is 7.36. The summed E-state index contributed by atoms with van der Waals surface area (Å²) in [6.45, 7) is 0.551. The number of aliphatic hydroxyl groups is 1. The molecule has 0 radical (unpaired) electrons. The number of rotatable bonds is 5. The average Bonchev–Trinajstić information content (AvgIpc) is 2.91. The molecule has 4 nitrogen and oxygen atoms in total. The molecule has 0 amide bonds. The molecule has 0 fully saturated rings. The number of aromatic amines is 1. The zero-order chi connectivity index (χ0) is 15.4. The molecule has 0 aliphatic rings. The summed E-state index contributed by atoms with van der Waals surface area (Å²) < 4.78 is 1.70. The lowest BCUT2D eigenvalue weighted by Gasteiger charge is -2.09. The first-order valence-electron chi connectivity index (χ1n) is 7.36. The third-order valence-corrected chi connectivity index (χ3v) is 3.63. The standard InChI is InChI=1S/C18H18N2O2/c21-13-7-12-20-17(15-10-5-2-6-11-15)16(19-18(20)22)14-8-3-1-4-9-14/h1-6,8-11,21H,7,12-13H2,(H,19,22). The van der Waals surface area contributed by atoms with Crippen molar-refractivity contribution in [3.8, 4) is 22.5 Å². The Labute approximate surface area is 128 Å². The molecule has 0 atom stereocenters. The molecule has 4 heteroatoms. The number of benzene rings is 2. The third-order valence-electron chi connectivity index (χ3n) is 3.63. The van der Waals surface area contributed by atoms with Crippen LogP contribution in [0.4, 0.5) is 0 Å². The number of H-pyrrole nitrogens is 1. The minimum absolute atomic E-state index is 0.0620. The number of nitrogens with zero attached hydrogens (tertiary/aromatic N) is 1. The molecule has 2 aromatic carbocycles. The maximum atomic E-state index is 12.3. The Morgan fingerprint density at radius 2 is 1.50 bits per heavy atom. The van der Waals surface area contributed by atoms with E-state index in [1.165, 1.54) is 0 Å². The normalized spacial score (nSPS) is 10.8. The Hall–Kier alpha value is -2.59. The van der Waals surface area contributed by atoms with Gasteiger partial charge in [0, 0.05) is 24.3 Å². The fourth-order valence-corrected chi connectivity index (χ4v) is 2.62.